The minimum Gasteiger partial charge on any atom is -0.396 e. The summed E-state index contributed by atoms with van der Waals surface area (Å²) in [5.41, 5.74) is 5.30. The van der Waals surface area contributed by atoms with Gasteiger partial charge in [0.1, 0.15) is 5.82 Å². The third-order valence-electron chi connectivity index (χ3n) is 2.47. The molecule has 5 nitrogen and oxygen atoms in total. The van der Waals surface area contributed by atoms with E-state index in [0.717, 1.165) is 17.0 Å². The average Bonchev–Trinajstić information content (AvgIpc) is 2.32. The van der Waals surface area contributed by atoms with E-state index < -0.39 is 37.6 Å². The number of benzene rings is 1. The lowest BCUT2D eigenvalue weighted by atomic mass is 10.2. The number of alkyl halides is 3. The number of nitrogens with one attached hydrogen (secondary N) is 1. The zero-order valence-electron chi connectivity index (χ0n) is 11.0. The van der Waals surface area contributed by atoms with E-state index in [9.17, 15) is 22.4 Å². The minimum absolute atomic E-state index is 0.176. The normalized spacial score (nSPS) is 11.7. The lowest BCUT2D eigenvalue weighted by Crippen LogP contribution is -2.41. The number of nitrogens with zero attached hydrogens (tertiary/aromatic N) is 1. The second-order valence-electron chi connectivity index (χ2n) is 4.33. The quantitative estimate of drug-likeness (QED) is 0.545. The van der Waals surface area contributed by atoms with Crippen molar-refractivity contribution in [2.24, 2.45) is 0 Å². The molecule has 0 spiro atoms. The van der Waals surface area contributed by atoms with Crippen LogP contribution in [0.1, 0.15) is 0 Å². The predicted octanol–water partition coefficient (Wildman–Crippen LogP) is 1.20. The van der Waals surface area contributed by atoms with Gasteiger partial charge in [-0.05, 0) is 18.2 Å². The van der Waals surface area contributed by atoms with E-state index in [-0.39, 0.29) is 17.9 Å². The largest absolute Gasteiger partial charge is 0.401 e. The third kappa shape index (κ3) is 6.41. The van der Waals surface area contributed by atoms with Crippen molar-refractivity contribution < 1.29 is 27.5 Å². The summed E-state index contributed by atoms with van der Waals surface area (Å²) in [4.78, 5) is 12.4. The van der Waals surface area contributed by atoms with Crippen LogP contribution in [0.5, 0.6) is 0 Å². The number of hydrogen-bond acceptors (Lipinski definition) is 4. The molecule has 0 aliphatic heterocycles. The molecule has 21 heavy (non-hydrogen) atoms. The van der Waals surface area contributed by atoms with Gasteiger partial charge in [0.25, 0.3) is 0 Å². The molecule has 0 unspecified atom stereocenters. The zero-order chi connectivity index (χ0) is 16.0. The van der Waals surface area contributed by atoms with E-state index in [2.05, 4.69) is 5.32 Å². The molecule has 1 aromatic carbocycles. The van der Waals surface area contributed by atoms with Crippen molar-refractivity contribution in [1.29, 1.82) is 0 Å². The summed E-state index contributed by atoms with van der Waals surface area (Å²) in [5.74, 6) is -1.38. The Labute approximate surface area is 118 Å². The maximum atomic E-state index is 12.9. The van der Waals surface area contributed by atoms with Crippen LogP contribution in [-0.4, -0.2) is 48.3 Å². The van der Waals surface area contributed by atoms with Gasteiger partial charge < -0.3 is 16.2 Å². The summed E-state index contributed by atoms with van der Waals surface area (Å²) in [5, 5.41) is 11.0. The second-order valence-corrected chi connectivity index (χ2v) is 4.33. The second kappa shape index (κ2) is 7.23. The van der Waals surface area contributed by atoms with Crippen molar-refractivity contribution in [3.05, 3.63) is 24.0 Å². The molecule has 4 N–H and O–H groups in total. The fraction of sp³-hybridized carbons (Fsp3) is 0.417. The molecule has 1 rings (SSSR count). The Kier molecular flexibility index (Phi) is 5.91. The molecule has 0 fully saturated rings. The summed E-state index contributed by atoms with van der Waals surface area (Å²) in [7, 11) is 0. The molecule has 0 atom stereocenters. The maximum absolute atomic E-state index is 12.9. The van der Waals surface area contributed by atoms with Crippen LogP contribution in [-0.2, 0) is 4.79 Å². The first-order valence-corrected chi connectivity index (χ1v) is 5.96. The topological polar surface area (TPSA) is 78.6 Å². The number of nitrogen functional groups attached to an aromatic ring is 1. The molecular formula is C12H15F4N3O2. The van der Waals surface area contributed by atoms with Crippen molar-refractivity contribution >= 4 is 17.3 Å². The number of nitrogens with two attached hydrogens (primary N) is 1. The van der Waals surface area contributed by atoms with Crippen LogP contribution in [0.25, 0.3) is 0 Å². The van der Waals surface area contributed by atoms with Gasteiger partial charge in [-0.1, -0.05) is 0 Å². The molecule has 0 bridgehead atoms. The van der Waals surface area contributed by atoms with Gasteiger partial charge in [-0.3, -0.25) is 9.69 Å². The molecule has 118 valence electrons. The van der Waals surface area contributed by atoms with E-state index in [1.807, 2.05) is 0 Å². The standard InChI is InChI=1S/C12H15F4N3O2/c13-9-2-1-8(5-10(9)17)18-11(21)6-19(3-4-20)7-12(14,15)16/h1-2,5,20H,3-4,6-7,17H2,(H,18,21). The zero-order valence-corrected chi connectivity index (χ0v) is 11.0. The highest BCUT2D eigenvalue weighted by Crippen LogP contribution is 2.18. The summed E-state index contributed by atoms with van der Waals surface area (Å²) in [6.45, 7) is -2.67. The molecule has 0 aromatic heterocycles. The lowest BCUT2D eigenvalue weighted by Gasteiger charge is -2.22. The van der Waals surface area contributed by atoms with Crippen molar-refractivity contribution in [1.82, 2.24) is 4.90 Å². The Morgan fingerprint density at radius 3 is 2.57 bits per heavy atom. The highest BCUT2D eigenvalue weighted by Gasteiger charge is 2.31. The van der Waals surface area contributed by atoms with Crippen LogP contribution in [0.4, 0.5) is 28.9 Å². The first-order chi connectivity index (χ1) is 9.71. The SMILES string of the molecule is Nc1cc(NC(=O)CN(CCO)CC(F)(F)F)ccc1F. The van der Waals surface area contributed by atoms with Gasteiger partial charge in [-0.25, -0.2) is 4.39 Å². The maximum Gasteiger partial charge on any atom is 0.401 e. The summed E-state index contributed by atoms with van der Waals surface area (Å²) in [6.07, 6.45) is -4.48. The molecule has 1 aromatic rings. The fourth-order valence-corrected chi connectivity index (χ4v) is 1.63. The number of aliphatic hydroxyl groups excluding tert-OH is 1. The summed E-state index contributed by atoms with van der Waals surface area (Å²) < 4.78 is 49.8. The van der Waals surface area contributed by atoms with E-state index in [1.54, 1.807) is 0 Å². The number of carbonyl (C=O) groups is 1. The van der Waals surface area contributed by atoms with Gasteiger partial charge in [-0.2, -0.15) is 13.2 Å². The molecule has 9 heteroatoms. The Morgan fingerprint density at radius 1 is 1.38 bits per heavy atom. The molecular weight excluding hydrogens is 294 g/mol. The first-order valence-electron chi connectivity index (χ1n) is 5.96. The number of anilines is 2. The van der Waals surface area contributed by atoms with Gasteiger partial charge in [0.15, 0.2) is 0 Å². The summed E-state index contributed by atoms with van der Waals surface area (Å²) in [6, 6.07) is 3.43. The van der Waals surface area contributed by atoms with Gasteiger partial charge in [-0.15, -0.1) is 0 Å². The van der Waals surface area contributed by atoms with Crippen molar-refractivity contribution in [2.45, 2.75) is 6.18 Å². The first kappa shape index (κ1) is 17.2. The molecule has 0 saturated heterocycles. The van der Waals surface area contributed by atoms with Crippen molar-refractivity contribution in [2.75, 3.05) is 37.3 Å². The molecule has 0 heterocycles. The molecule has 0 aliphatic carbocycles. The number of hydrogen-bond donors (Lipinski definition) is 3. The van der Waals surface area contributed by atoms with E-state index in [4.69, 9.17) is 10.8 Å². The molecule has 1 amide bonds. The lowest BCUT2D eigenvalue weighted by molar-refractivity contribution is -0.148. The molecule has 0 radical (unpaired) electrons. The Bertz CT molecular complexity index is 494. The van der Waals surface area contributed by atoms with Gasteiger partial charge in [0.05, 0.1) is 25.4 Å². The Hall–Kier alpha value is -1.87. The van der Waals surface area contributed by atoms with Gasteiger partial charge in [0, 0.05) is 12.2 Å². The minimum atomic E-state index is -4.48. The fourth-order valence-electron chi connectivity index (χ4n) is 1.63. The van der Waals surface area contributed by atoms with Gasteiger partial charge in [0.2, 0.25) is 5.91 Å². The van der Waals surface area contributed by atoms with Crippen LogP contribution in [0.15, 0.2) is 18.2 Å². The van der Waals surface area contributed by atoms with Crippen LogP contribution >= 0.6 is 0 Å². The van der Waals surface area contributed by atoms with Crippen molar-refractivity contribution in [3.63, 3.8) is 0 Å². The van der Waals surface area contributed by atoms with Gasteiger partial charge >= 0.3 is 6.18 Å². The van der Waals surface area contributed by atoms with Crippen LogP contribution in [0.3, 0.4) is 0 Å². The highest BCUT2D eigenvalue weighted by molar-refractivity contribution is 5.92. The number of rotatable bonds is 6. The highest BCUT2D eigenvalue weighted by atomic mass is 19.4. The molecule has 0 saturated carbocycles. The third-order valence-corrected chi connectivity index (χ3v) is 2.47. The summed E-state index contributed by atoms with van der Waals surface area (Å²) >= 11 is 0. The van der Waals surface area contributed by atoms with Crippen LogP contribution < -0.4 is 11.1 Å². The molecule has 0 aliphatic rings. The number of amides is 1. The smallest absolute Gasteiger partial charge is 0.396 e. The average molecular weight is 309 g/mol. The Balaban J connectivity index is 2.62. The van der Waals surface area contributed by atoms with Crippen LogP contribution in [0, 0.1) is 5.82 Å². The van der Waals surface area contributed by atoms with E-state index >= 15 is 0 Å². The number of aliphatic hydroxyl groups is 1. The predicted molar refractivity (Wildman–Crippen MR) is 69.0 cm³/mol. The van der Waals surface area contributed by atoms with E-state index in [0.29, 0.717) is 0 Å². The van der Waals surface area contributed by atoms with E-state index in [1.165, 1.54) is 6.07 Å². The van der Waals surface area contributed by atoms with Crippen LogP contribution in [0.2, 0.25) is 0 Å². The Morgan fingerprint density at radius 2 is 2.05 bits per heavy atom. The monoisotopic (exact) mass is 309 g/mol. The number of carbonyl (C=O) groups excluding carboxylic acids is 1. The van der Waals surface area contributed by atoms with Crippen molar-refractivity contribution in [3.8, 4) is 0 Å². The number of halogens is 4.